The zero-order chi connectivity index (χ0) is 29.6. The summed E-state index contributed by atoms with van der Waals surface area (Å²) in [6, 6.07) is 9.03. The molecule has 3 aliphatic heterocycles. The number of fused-ring (bicyclic) bond motifs is 2. The lowest BCUT2D eigenvalue weighted by Gasteiger charge is -2.42. The zero-order valence-electron chi connectivity index (χ0n) is 22.5. The van der Waals surface area contributed by atoms with Crippen LogP contribution in [0.3, 0.4) is 0 Å². The lowest BCUT2D eigenvalue weighted by Crippen LogP contribution is -2.58. The highest BCUT2D eigenvalue weighted by atomic mass is 32.1. The van der Waals surface area contributed by atoms with Crippen molar-refractivity contribution in [2.45, 2.75) is 62.3 Å². The van der Waals surface area contributed by atoms with E-state index in [-0.39, 0.29) is 35.8 Å². The number of nitriles is 1. The molecule has 5 heterocycles. The van der Waals surface area contributed by atoms with E-state index in [9.17, 15) is 28.7 Å². The van der Waals surface area contributed by atoms with Crippen LogP contribution in [-0.2, 0) is 20.3 Å². The van der Waals surface area contributed by atoms with Gasteiger partial charge in [0.25, 0.3) is 5.91 Å². The fourth-order valence-electron chi connectivity index (χ4n) is 6.22. The van der Waals surface area contributed by atoms with Gasteiger partial charge < -0.3 is 24.9 Å². The van der Waals surface area contributed by atoms with Crippen molar-refractivity contribution >= 4 is 46.7 Å². The molecule has 0 spiro atoms. The van der Waals surface area contributed by atoms with Crippen molar-refractivity contribution in [3.63, 3.8) is 0 Å². The highest BCUT2D eigenvalue weighted by Crippen LogP contribution is 2.40. The van der Waals surface area contributed by atoms with E-state index < -0.39 is 25.6 Å². The van der Waals surface area contributed by atoms with Gasteiger partial charge >= 0.3 is 7.60 Å². The highest BCUT2D eigenvalue weighted by molar-refractivity contribution is 7.50. The van der Waals surface area contributed by atoms with Crippen molar-refractivity contribution < 1.29 is 28.7 Å². The first-order valence-electron chi connectivity index (χ1n) is 13.8. The summed E-state index contributed by atoms with van der Waals surface area (Å²) in [5.74, 6) is -0.613. The third-order valence-electron chi connectivity index (χ3n) is 8.26. The quantitative estimate of drug-likeness (QED) is 0.355. The number of nitrogens with one attached hydrogen (secondary N) is 1. The maximum Gasteiger partial charge on any atom is 0.329 e. The third kappa shape index (κ3) is 5.68. The average molecular weight is 609 g/mol. The van der Waals surface area contributed by atoms with E-state index in [1.165, 1.54) is 11.3 Å². The Kier molecular flexibility index (Phi) is 7.57. The minimum Gasteiger partial charge on any atom is -0.340 e. The number of likely N-dealkylation sites (tertiary alicyclic amines) is 1. The number of hydrogen-bond donors (Lipinski definition) is 3. The summed E-state index contributed by atoms with van der Waals surface area (Å²) >= 11 is 1.25. The van der Waals surface area contributed by atoms with E-state index in [1.54, 1.807) is 46.3 Å². The van der Waals surface area contributed by atoms with Gasteiger partial charge in [-0.25, -0.2) is 9.97 Å². The molecule has 0 radical (unpaired) electrons. The van der Waals surface area contributed by atoms with E-state index >= 15 is 0 Å². The Balaban J connectivity index is 1.12. The number of hydrogen-bond acceptors (Lipinski definition) is 8. The van der Waals surface area contributed by atoms with E-state index in [0.29, 0.717) is 41.8 Å². The first kappa shape index (κ1) is 28.4. The molecule has 0 aliphatic carbocycles. The highest BCUT2D eigenvalue weighted by Gasteiger charge is 2.47. The average Bonchev–Trinajstić information content (AvgIpc) is 3.51. The summed E-state index contributed by atoms with van der Waals surface area (Å²) in [6.45, 7) is 0.928. The zero-order valence-corrected chi connectivity index (χ0v) is 24.3. The Labute approximate surface area is 245 Å². The molecule has 3 amide bonds. The van der Waals surface area contributed by atoms with Crippen molar-refractivity contribution in [3.05, 3.63) is 58.5 Å². The van der Waals surface area contributed by atoms with Crippen LogP contribution in [0.25, 0.3) is 10.1 Å². The van der Waals surface area contributed by atoms with Gasteiger partial charge in [0.1, 0.15) is 18.2 Å². The van der Waals surface area contributed by atoms with Crippen molar-refractivity contribution in [1.29, 1.82) is 5.26 Å². The molecule has 3 N–H and O–H groups in total. The summed E-state index contributed by atoms with van der Waals surface area (Å²) < 4.78 is 12.2. The molecule has 2 aromatic heterocycles. The first-order valence-corrected chi connectivity index (χ1v) is 16.4. The van der Waals surface area contributed by atoms with Crippen LogP contribution in [0, 0.1) is 11.3 Å². The molecule has 42 heavy (non-hydrogen) atoms. The van der Waals surface area contributed by atoms with Crippen molar-refractivity contribution in [2.24, 2.45) is 0 Å². The SMILES string of the molecule is N#Cc1nccc(C2CN(C(=O)[C@@H]3CC[C@@H]4CCC[C@H](NC(=O)c5cc6cc(CP(=O)(O)O)ccc6s5)C(=O)N43)C2)n1. The molecule has 0 unspecified atom stereocenters. The lowest BCUT2D eigenvalue weighted by molar-refractivity contribution is -0.148. The van der Waals surface area contributed by atoms with Crippen molar-refractivity contribution in [2.75, 3.05) is 13.1 Å². The number of nitrogens with zero attached hydrogens (tertiary/aromatic N) is 5. The van der Waals surface area contributed by atoms with Crippen LogP contribution >= 0.6 is 18.9 Å². The molecule has 3 aromatic rings. The van der Waals surface area contributed by atoms with Crippen LogP contribution in [0.4, 0.5) is 0 Å². The van der Waals surface area contributed by atoms with Crippen molar-refractivity contribution in [1.82, 2.24) is 25.1 Å². The van der Waals surface area contributed by atoms with Gasteiger partial charge in [0.2, 0.25) is 17.6 Å². The Hall–Kier alpha value is -3.69. The molecular weight excluding hydrogens is 579 g/mol. The van der Waals surface area contributed by atoms with E-state index in [1.807, 2.05) is 6.07 Å². The standard InChI is InChI=1S/C28H29N6O6PS/c29-12-25-30-9-8-20(31-25)18-13-33(14-18)28(37)22-6-5-19-2-1-3-21(27(36)34(19)22)32-26(35)24-11-17-10-16(15-41(38,39)40)4-7-23(17)42-24/h4,7-11,18-19,21-22H,1-3,5-6,13-15H2,(H,32,35)(H2,38,39,40)/t19-,21-,22-/m0/s1. The van der Waals surface area contributed by atoms with Crippen molar-refractivity contribution in [3.8, 4) is 6.07 Å². The van der Waals surface area contributed by atoms with Gasteiger partial charge in [-0.05, 0) is 67.3 Å². The lowest BCUT2D eigenvalue weighted by atomic mass is 9.94. The number of benzene rings is 1. The monoisotopic (exact) mass is 608 g/mol. The molecule has 0 saturated carbocycles. The van der Waals surface area contributed by atoms with Crippen LogP contribution in [0.2, 0.25) is 0 Å². The summed E-state index contributed by atoms with van der Waals surface area (Å²) in [4.78, 5) is 71.1. The number of aromatic nitrogens is 2. The molecule has 3 fully saturated rings. The minimum atomic E-state index is -4.22. The van der Waals surface area contributed by atoms with Crippen LogP contribution in [-0.4, -0.2) is 78.5 Å². The first-order chi connectivity index (χ1) is 20.1. The van der Waals surface area contributed by atoms with Crippen LogP contribution < -0.4 is 5.32 Å². The number of amides is 3. The van der Waals surface area contributed by atoms with Gasteiger partial charge in [0.05, 0.1) is 16.7 Å². The molecule has 1 aromatic carbocycles. The topological polar surface area (TPSA) is 177 Å². The molecule has 0 bridgehead atoms. The largest absolute Gasteiger partial charge is 0.340 e. The molecule has 3 atom stereocenters. The number of carbonyl (C=O) groups is 3. The smallest absolute Gasteiger partial charge is 0.329 e. The normalized spacial score (nSPS) is 22.8. The Morgan fingerprint density at radius 3 is 2.71 bits per heavy atom. The second kappa shape index (κ2) is 11.2. The number of carbonyl (C=O) groups excluding carboxylic acids is 3. The van der Waals surface area contributed by atoms with E-state index in [4.69, 9.17) is 5.26 Å². The van der Waals surface area contributed by atoms with Crippen LogP contribution in [0.1, 0.15) is 64.8 Å². The maximum absolute atomic E-state index is 13.8. The summed E-state index contributed by atoms with van der Waals surface area (Å²) in [7, 11) is -4.22. The van der Waals surface area contributed by atoms with Crippen LogP contribution in [0.15, 0.2) is 36.5 Å². The fourth-order valence-corrected chi connectivity index (χ4v) is 7.84. The molecule has 218 valence electrons. The Morgan fingerprint density at radius 1 is 1.14 bits per heavy atom. The molecule has 3 saturated heterocycles. The van der Waals surface area contributed by atoms with Gasteiger partial charge in [0.15, 0.2) is 0 Å². The van der Waals surface area contributed by atoms with Gasteiger partial charge in [-0.2, -0.15) is 5.26 Å². The molecule has 12 nitrogen and oxygen atoms in total. The third-order valence-corrected chi connectivity index (χ3v) is 10.1. The molecule has 6 rings (SSSR count). The van der Waals surface area contributed by atoms with Gasteiger partial charge in [0, 0.05) is 35.9 Å². The van der Waals surface area contributed by atoms with Gasteiger partial charge in [-0.15, -0.1) is 11.3 Å². The summed E-state index contributed by atoms with van der Waals surface area (Å²) in [6.07, 6.45) is 4.48. The predicted octanol–water partition coefficient (Wildman–Crippen LogP) is 2.51. The summed E-state index contributed by atoms with van der Waals surface area (Å²) in [5, 5.41) is 12.7. The molecule has 14 heteroatoms. The summed E-state index contributed by atoms with van der Waals surface area (Å²) in [5.41, 5.74) is 1.20. The minimum absolute atomic E-state index is 0.0160. The number of thiophene rings is 1. The van der Waals surface area contributed by atoms with Gasteiger partial charge in [-0.1, -0.05) is 6.07 Å². The molecular formula is C28H29N6O6PS. The maximum atomic E-state index is 13.8. The van der Waals surface area contributed by atoms with E-state index in [0.717, 1.165) is 29.7 Å². The second-order valence-corrected chi connectivity index (χ2v) is 13.8. The predicted molar refractivity (Wildman–Crippen MR) is 152 cm³/mol. The van der Waals surface area contributed by atoms with Gasteiger partial charge in [-0.3, -0.25) is 18.9 Å². The Bertz CT molecular complexity index is 1660. The second-order valence-electron chi connectivity index (χ2n) is 11.1. The Morgan fingerprint density at radius 2 is 1.95 bits per heavy atom. The number of rotatable bonds is 6. The van der Waals surface area contributed by atoms with Crippen LogP contribution in [0.5, 0.6) is 0 Å². The van der Waals surface area contributed by atoms with E-state index in [2.05, 4.69) is 15.3 Å². The fraction of sp³-hybridized carbons (Fsp3) is 0.429. The molecule has 3 aliphatic rings.